The molecule has 2 aliphatic rings. The van der Waals surface area contributed by atoms with Crippen LogP contribution in [0.4, 0.5) is 0 Å². The molecule has 2 heterocycles. The highest BCUT2D eigenvalue weighted by Crippen LogP contribution is 2.41. The van der Waals surface area contributed by atoms with E-state index in [1.807, 2.05) is 30.0 Å². The van der Waals surface area contributed by atoms with E-state index >= 15 is 0 Å². The molecule has 0 aromatic heterocycles. The number of benzene rings is 2. The maximum atomic E-state index is 12.4. The second-order valence-electron chi connectivity index (χ2n) is 6.88. The summed E-state index contributed by atoms with van der Waals surface area (Å²) in [5.74, 6) is 1.00. The van der Waals surface area contributed by atoms with E-state index < -0.39 is 0 Å². The van der Waals surface area contributed by atoms with Gasteiger partial charge in [0, 0.05) is 28.7 Å². The van der Waals surface area contributed by atoms with E-state index in [0.29, 0.717) is 23.4 Å². The van der Waals surface area contributed by atoms with Gasteiger partial charge in [-0.15, -0.1) is 11.8 Å². The van der Waals surface area contributed by atoms with Crippen LogP contribution in [0.15, 0.2) is 59.5 Å². The van der Waals surface area contributed by atoms with Crippen LogP contribution in [0.5, 0.6) is 0 Å². The van der Waals surface area contributed by atoms with Crippen molar-refractivity contribution in [2.45, 2.75) is 36.0 Å². The van der Waals surface area contributed by atoms with Gasteiger partial charge in [0.1, 0.15) is 0 Å². The lowest BCUT2D eigenvalue weighted by atomic mass is 9.89. The van der Waals surface area contributed by atoms with Gasteiger partial charge >= 0.3 is 0 Å². The lowest BCUT2D eigenvalue weighted by Gasteiger charge is -2.37. The van der Waals surface area contributed by atoms with Crippen LogP contribution >= 0.6 is 11.8 Å². The molecule has 124 valence electrons. The number of Topliss-reactive ketones (excluding diaryl/α,β-unsaturated/α-hetero) is 1. The Morgan fingerprint density at radius 1 is 0.958 bits per heavy atom. The van der Waals surface area contributed by atoms with Gasteiger partial charge in [0.05, 0.1) is 0 Å². The second kappa shape index (κ2) is 7.12. The summed E-state index contributed by atoms with van der Waals surface area (Å²) in [6.07, 6.45) is 3.13. The molecule has 0 spiro atoms. The Kier molecular flexibility index (Phi) is 4.72. The molecule has 3 heteroatoms. The molecule has 0 aliphatic carbocycles. The zero-order chi connectivity index (χ0) is 16.4. The van der Waals surface area contributed by atoms with Crippen LogP contribution in [0.25, 0.3) is 0 Å². The zero-order valence-corrected chi connectivity index (χ0v) is 14.7. The third kappa shape index (κ3) is 3.42. The van der Waals surface area contributed by atoms with Crippen molar-refractivity contribution in [1.82, 2.24) is 4.90 Å². The van der Waals surface area contributed by atoms with E-state index in [2.05, 4.69) is 41.3 Å². The fourth-order valence-electron chi connectivity index (χ4n) is 3.88. The van der Waals surface area contributed by atoms with Gasteiger partial charge in [-0.25, -0.2) is 0 Å². The van der Waals surface area contributed by atoms with Crippen LogP contribution in [-0.2, 0) is 6.54 Å². The first-order valence-electron chi connectivity index (χ1n) is 8.85. The highest BCUT2D eigenvalue weighted by Gasteiger charge is 2.33. The summed E-state index contributed by atoms with van der Waals surface area (Å²) in [6, 6.07) is 18.8. The van der Waals surface area contributed by atoms with Gasteiger partial charge < -0.3 is 0 Å². The largest absolute Gasteiger partial charge is 0.299 e. The average molecular weight is 337 g/mol. The number of carbonyl (C=O) groups is 1. The SMILES string of the molecule is O=C1C[C@@H](C2CCN(Cc3ccccc3)CC2)Sc2ccccc21. The third-order valence-electron chi connectivity index (χ3n) is 5.26. The summed E-state index contributed by atoms with van der Waals surface area (Å²) in [4.78, 5) is 16.2. The predicted molar refractivity (Wildman–Crippen MR) is 99.5 cm³/mol. The molecule has 1 saturated heterocycles. The number of piperidine rings is 1. The Morgan fingerprint density at radius 2 is 1.67 bits per heavy atom. The van der Waals surface area contributed by atoms with E-state index in [9.17, 15) is 4.79 Å². The fraction of sp³-hybridized carbons (Fsp3) is 0.381. The number of fused-ring (bicyclic) bond motifs is 1. The molecule has 2 nitrogen and oxygen atoms in total. The Labute approximate surface area is 148 Å². The molecule has 0 amide bonds. The number of ketones is 1. The summed E-state index contributed by atoms with van der Waals surface area (Å²) < 4.78 is 0. The minimum Gasteiger partial charge on any atom is -0.299 e. The summed E-state index contributed by atoms with van der Waals surface area (Å²) in [5, 5.41) is 0.464. The normalized spacial score (nSPS) is 22.3. The maximum absolute atomic E-state index is 12.4. The van der Waals surface area contributed by atoms with Gasteiger partial charge in [0.2, 0.25) is 0 Å². The van der Waals surface area contributed by atoms with Crippen molar-refractivity contribution in [3.8, 4) is 0 Å². The quantitative estimate of drug-likeness (QED) is 0.813. The fourth-order valence-corrected chi connectivity index (χ4v) is 5.38. The van der Waals surface area contributed by atoms with Crippen molar-refractivity contribution in [3.05, 3.63) is 65.7 Å². The number of thioether (sulfide) groups is 1. The van der Waals surface area contributed by atoms with Crippen molar-refractivity contribution in [2.24, 2.45) is 5.92 Å². The van der Waals surface area contributed by atoms with Crippen LogP contribution < -0.4 is 0 Å². The van der Waals surface area contributed by atoms with Crippen molar-refractivity contribution >= 4 is 17.5 Å². The number of hydrogen-bond acceptors (Lipinski definition) is 3. The van der Waals surface area contributed by atoms with E-state index in [4.69, 9.17) is 0 Å². The topological polar surface area (TPSA) is 20.3 Å². The third-order valence-corrected chi connectivity index (χ3v) is 6.72. The molecule has 1 fully saturated rings. The molecule has 2 aliphatic heterocycles. The molecule has 0 unspecified atom stereocenters. The Bertz CT molecular complexity index is 707. The molecular weight excluding hydrogens is 314 g/mol. The average Bonchev–Trinajstić information content (AvgIpc) is 2.63. The van der Waals surface area contributed by atoms with Crippen molar-refractivity contribution in [2.75, 3.05) is 13.1 Å². The molecule has 0 N–H and O–H groups in total. The number of likely N-dealkylation sites (tertiary alicyclic amines) is 1. The number of rotatable bonds is 3. The monoisotopic (exact) mass is 337 g/mol. The van der Waals surface area contributed by atoms with Gasteiger partial charge in [0.25, 0.3) is 0 Å². The Hall–Kier alpha value is -1.58. The minimum absolute atomic E-state index is 0.334. The molecule has 2 aromatic carbocycles. The number of hydrogen-bond donors (Lipinski definition) is 0. The predicted octanol–water partition coefficient (Wildman–Crippen LogP) is 4.65. The number of nitrogens with zero attached hydrogens (tertiary/aromatic N) is 1. The Morgan fingerprint density at radius 3 is 2.46 bits per heavy atom. The summed E-state index contributed by atoms with van der Waals surface area (Å²) in [7, 11) is 0. The lowest BCUT2D eigenvalue weighted by Crippen LogP contribution is -2.37. The van der Waals surface area contributed by atoms with E-state index in [-0.39, 0.29) is 0 Å². The molecule has 2 aromatic rings. The molecule has 0 saturated carbocycles. The summed E-state index contributed by atoms with van der Waals surface area (Å²) in [6.45, 7) is 3.34. The highest BCUT2D eigenvalue weighted by molar-refractivity contribution is 8.00. The van der Waals surface area contributed by atoms with Crippen LogP contribution in [0.1, 0.15) is 35.2 Å². The van der Waals surface area contributed by atoms with Crippen molar-refractivity contribution in [3.63, 3.8) is 0 Å². The van der Waals surface area contributed by atoms with Crippen LogP contribution in [-0.4, -0.2) is 29.0 Å². The minimum atomic E-state index is 0.334. The molecule has 24 heavy (non-hydrogen) atoms. The molecule has 4 rings (SSSR count). The smallest absolute Gasteiger partial charge is 0.165 e. The van der Waals surface area contributed by atoms with Crippen molar-refractivity contribution in [1.29, 1.82) is 0 Å². The van der Waals surface area contributed by atoms with Gasteiger partial charge in [-0.05, 0) is 43.5 Å². The first kappa shape index (κ1) is 15.9. The Balaban J connectivity index is 1.36. The van der Waals surface area contributed by atoms with Crippen LogP contribution in [0.3, 0.4) is 0 Å². The first-order chi connectivity index (χ1) is 11.8. The molecule has 0 bridgehead atoms. The standard InChI is InChI=1S/C21H23NOS/c23-19-14-21(24-20-9-5-4-8-18(19)20)17-10-12-22(13-11-17)15-16-6-2-1-3-7-16/h1-9,17,21H,10-15H2/t21-/m0/s1. The summed E-state index contributed by atoms with van der Waals surface area (Å²) >= 11 is 1.93. The lowest BCUT2D eigenvalue weighted by molar-refractivity contribution is 0.0959. The van der Waals surface area contributed by atoms with E-state index in [0.717, 1.165) is 25.2 Å². The molecule has 0 radical (unpaired) electrons. The van der Waals surface area contributed by atoms with Crippen LogP contribution in [0, 0.1) is 5.92 Å². The highest BCUT2D eigenvalue weighted by atomic mass is 32.2. The zero-order valence-electron chi connectivity index (χ0n) is 13.9. The molecule has 1 atom stereocenters. The van der Waals surface area contributed by atoms with Gasteiger partial charge in [-0.1, -0.05) is 48.5 Å². The van der Waals surface area contributed by atoms with Gasteiger partial charge in [-0.3, -0.25) is 9.69 Å². The first-order valence-corrected chi connectivity index (χ1v) is 9.73. The summed E-state index contributed by atoms with van der Waals surface area (Å²) in [5.41, 5.74) is 2.33. The van der Waals surface area contributed by atoms with E-state index in [1.165, 1.54) is 23.3 Å². The van der Waals surface area contributed by atoms with E-state index in [1.54, 1.807) is 0 Å². The van der Waals surface area contributed by atoms with Crippen molar-refractivity contribution < 1.29 is 4.79 Å². The van der Waals surface area contributed by atoms with Gasteiger partial charge in [-0.2, -0.15) is 0 Å². The molecular formula is C21H23NOS. The second-order valence-corrected chi connectivity index (χ2v) is 8.16. The number of carbonyl (C=O) groups excluding carboxylic acids is 1. The van der Waals surface area contributed by atoms with Crippen LogP contribution in [0.2, 0.25) is 0 Å². The van der Waals surface area contributed by atoms with Gasteiger partial charge in [0.15, 0.2) is 5.78 Å². The maximum Gasteiger partial charge on any atom is 0.165 e.